The Morgan fingerprint density at radius 3 is 1.39 bits per heavy atom. The van der Waals surface area contributed by atoms with Gasteiger partial charge in [0.25, 0.3) is 0 Å². The van der Waals surface area contributed by atoms with E-state index in [2.05, 4.69) is 176 Å². The van der Waals surface area contributed by atoms with Crippen molar-refractivity contribution in [1.29, 1.82) is 0 Å². The van der Waals surface area contributed by atoms with E-state index in [0.29, 0.717) is 17.5 Å². The van der Waals surface area contributed by atoms with E-state index in [0.717, 1.165) is 33.4 Å². The maximum absolute atomic E-state index is 5.11. The lowest BCUT2D eigenvalue weighted by molar-refractivity contribution is 0.797. The van der Waals surface area contributed by atoms with Gasteiger partial charge in [-0.2, -0.15) is 0 Å². The summed E-state index contributed by atoms with van der Waals surface area (Å²) < 4.78 is 0. The summed E-state index contributed by atoms with van der Waals surface area (Å²) in [7, 11) is 0. The third-order valence-corrected chi connectivity index (χ3v) is 12.1. The predicted molar refractivity (Wildman–Crippen MR) is 233 cm³/mol. The van der Waals surface area contributed by atoms with E-state index in [-0.39, 0.29) is 5.41 Å². The molecule has 0 amide bonds. The largest absolute Gasteiger partial charge is 0.208 e. The Bertz CT molecular complexity index is 3160. The molecule has 0 N–H and O–H groups in total. The molecule has 0 atom stereocenters. The van der Waals surface area contributed by atoms with E-state index in [4.69, 9.17) is 15.0 Å². The van der Waals surface area contributed by atoms with Crippen molar-refractivity contribution in [3.8, 4) is 67.5 Å². The molecule has 0 unspecified atom stereocenters. The van der Waals surface area contributed by atoms with Crippen molar-refractivity contribution >= 4 is 21.5 Å². The zero-order chi connectivity index (χ0) is 37.5. The van der Waals surface area contributed by atoms with Crippen LogP contribution in [0.5, 0.6) is 0 Å². The fraction of sp³-hybridized carbons (Fsp3) is 0.0185. The highest BCUT2D eigenvalue weighted by molar-refractivity contribution is 6.17. The van der Waals surface area contributed by atoms with Gasteiger partial charge in [-0.3, -0.25) is 0 Å². The minimum Gasteiger partial charge on any atom is -0.208 e. The van der Waals surface area contributed by atoms with Crippen molar-refractivity contribution in [1.82, 2.24) is 15.0 Å². The monoisotopic (exact) mass is 723 g/mol. The van der Waals surface area contributed by atoms with Gasteiger partial charge < -0.3 is 0 Å². The van der Waals surface area contributed by atoms with E-state index >= 15 is 0 Å². The molecule has 57 heavy (non-hydrogen) atoms. The molecule has 0 aliphatic heterocycles. The van der Waals surface area contributed by atoms with Crippen LogP contribution in [-0.2, 0) is 5.41 Å². The molecule has 0 fully saturated rings. The molecule has 0 saturated carbocycles. The Balaban J connectivity index is 0.989. The summed E-state index contributed by atoms with van der Waals surface area (Å²) in [5.41, 5.74) is 15.1. The number of nitrogens with zero attached hydrogens (tertiary/aromatic N) is 3. The first-order valence-electron chi connectivity index (χ1n) is 19.5. The van der Waals surface area contributed by atoms with Crippen LogP contribution in [0.15, 0.2) is 200 Å². The van der Waals surface area contributed by atoms with Crippen LogP contribution in [0.4, 0.5) is 0 Å². The second kappa shape index (κ2) is 12.3. The van der Waals surface area contributed by atoms with Crippen LogP contribution in [0.3, 0.4) is 0 Å². The number of hydrogen-bond donors (Lipinski definition) is 0. The lowest BCUT2D eigenvalue weighted by Gasteiger charge is -2.30. The second-order valence-electron chi connectivity index (χ2n) is 15.1. The number of rotatable bonds is 5. The molecule has 3 nitrogen and oxygen atoms in total. The van der Waals surface area contributed by atoms with E-state index in [1.54, 1.807) is 0 Å². The van der Waals surface area contributed by atoms with Crippen molar-refractivity contribution in [2.24, 2.45) is 0 Å². The summed E-state index contributed by atoms with van der Waals surface area (Å²) in [6.45, 7) is 0. The Labute approximate surface area is 330 Å². The molecule has 1 heterocycles. The number of aromatic nitrogens is 3. The first-order valence-corrected chi connectivity index (χ1v) is 19.5. The van der Waals surface area contributed by atoms with Gasteiger partial charge in [0.05, 0.1) is 5.41 Å². The molecule has 3 heteroatoms. The molecule has 1 spiro atoms. The van der Waals surface area contributed by atoms with Crippen LogP contribution >= 0.6 is 0 Å². The van der Waals surface area contributed by atoms with Crippen LogP contribution < -0.4 is 0 Å². The van der Waals surface area contributed by atoms with Gasteiger partial charge in [0, 0.05) is 16.7 Å². The third kappa shape index (κ3) is 4.69. The lowest BCUT2D eigenvalue weighted by atomic mass is 9.70. The van der Waals surface area contributed by atoms with Gasteiger partial charge in [0.1, 0.15) is 0 Å². The van der Waals surface area contributed by atoms with Crippen molar-refractivity contribution in [3.63, 3.8) is 0 Å². The quantitative estimate of drug-likeness (QED) is 0.166. The highest BCUT2D eigenvalue weighted by Crippen LogP contribution is 2.62. The number of fused-ring (bicyclic) bond motifs is 7. The molecule has 0 saturated heterocycles. The van der Waals surface area contributed by atoms with Crippen molar-refractivity contribution < 1.29 is 0 Å². The van der Waals surface area contributed by atoms with Crippen LogP contribution in [0.25, 0.3) is 89.1 Å². The molecule has 2 aliphatic carbocycles. The van der Waals surface area contributed by atoms with Crippen molar-refractivity contribution in [2.45, 2.75) is 5.41 Å². The van der Waals surface area contributed by atoms with Gasteiger partial charge in [-0.15, -0.1) is 0 Å². The number of benzene rings is 9. The lowest BCUT2D eigenvalue weighted by Crippen LogP contribution is -2.26. The standard InChI is InChI=1S/C54H33N3/c1-3-12-34(13-4-1)35-24-28-39(29-25-35)52-55-51(38-14-5-2-6-15-38)56-53(57-52)42-19-9-18-40(32-42)41-30-31-46-44(33-41)43-20-7-8-21-45(43)54(46)47-22-10-16-36-26-27-37-17-11-23-48(54)50(37)49(36)47/h1-33H. The van der Waals surface area contributed by atoms with E-state index < -0.39 is 0 Å². The van der Waals surface area contributed by atoms with Gasteiger partial charge in [0.2, 0.25) is 0 Å². The Hall–Kier alpha value is -7.49. The average molecular weight is 724 g/mol. The highest BCUT2D eigenvalue weighted by atomic mass is 15.0. The molecule has 1 aromatic heterocycles. The Kier molecular flexibility index (Phi) is 6.84. The summed E-state index contributed by atoms with van der Waals surface area (Å²) >= 11 is 0. The van der Waals surface area contributed by atoms with Gasteiger partial charge in [-0.05, 0) is 89.3 Å². The van der Waals surface area contributed by atoms with E-state index in [9.17, 15) is 0 Å². The molecular weight excluding hydrogens is 691 g/mol. The van der Waals surface area contributed by atoms with Crippen LogP contribution in [0.1, 0.15) is 22.3 Å². The summed E-state index contributed by atoms with van der Waals surface area (Å²) in [6.07, 6.45) is 0. The predicted octanol–water partition coefficient (Wildman–Crippen LogP) is 13.2. The Morgan fingerprint density at radius 1 is 0.263 bits per heavy atom. The fourth-order valence-electron chi connectivity index (χ4n) is 9.60. The molecule has 264 valence electrons. The highest BCUT2D eigenvalue weighted by Gasteiger charge is 2.50. The van der Waals surface area contributed by atoms with Crippen LogP contribution in [0, 0.1) is 0 Å². The van der Waals surface area contributed by atoms with E-state index in [1.807, 2.05) is 24.3 Å². The molecule has 0 radical (unpaired) electrons. The van der Waals surface area contributed by atoms with Gasteiger partial charge >= 0.3 is 0 Å². The minimum absolute atomic E-state index is 0.372. The second-order valence-corrected chi connectivity index (χ2v) is 15.1. The minimum atomic E-state index is -0.372. The molecule has 10 aromatic rings. The first-order chi connectivity index (χ1) is 28.2. The number of hydrogen-bond acceptors (Lipinski definition) is 3. The third-order valence-electron chi connectivity index (χ3n) is 12.1. The Morgan fingerprint density at radius 2 is 0.702 bits per heavy atom. The maximum Gasteiger partial charge on any atom is 0.164 e. The SMILES string of the molecule is c1ccc(-c2ccc(-c3nc(-c4ccccc4)nc(-c4cccc(-c5ccc6c(c5)-c5ccccc5C65c6cccc7ccc8cccc5c8c67)c4)n3)cc2)cc1. The normalized spacial score (nSPS) is 13.1. The molecule has 9 aromatic carbocycles. The van der Waals surface area contributed by atoms with Crippen LogP contribution in [-0.4, -0.2) is 15.0 Å². The summed E-state index contributed by atoms with van der Waals surface area (Å²) in [6, 6.07) is 72.0. The zero-order valence-corrected chi connectivity index (χ0v) is 30.9. The van der Waals surface area contributed by atoms with Gasteiger partial charge in [-0.1, -0.05) is 188 Å². The summed E-state index contributed by atoms with van der Waals surface area (Å²) in [5.74, 6) is 1.93. The molecular formula is C54H33N3. The van der Waals surface area contributed by atoms with Gasteiger partial charge in [0.15, 0.2) is 17.5 Å². The van der Waals surface area contributed by atoms with Crippen molar-refractivity contribution in [2.75, 3.05) is 0 Å². The summed E-state index contributed by atoms with van der Waals surface area (Å²) in [4.78, 5) is 15.2. The fourth-order valence-corrected chi connectivity index (χ4v) is 9.60. The summed E-state index contributed by atoms with van der Waals surface area (Å²) in [5, 5.41) is 5.35. The van der Waals surface area contributed by atoms with E-state index in [1.165, 1.54) is 60.5 Å². The van der Waals surface area contributed by atoms with Crippen molar-refractivity contribution in [3.05, 3.63) is 222 Å². The zero-order valence-electron chi connectivity index (χ0n) is 30.9. The molecule has 0 bridgehead atoms. The van der Waals surface area contributed by atoms with Gasteiger partial charge in [-0.25, -0.2) is 15.0 Å². The maximum atomic E-state index is 5.11. The topological polar surface area (TPSA) is 38.7 Å². The molecule has 12 rings (SSSR count). The molecule has 2 aliphatic rings. The van der Waals surface area contributed by atoms with Crippen LogP contribution in [0.2, 0.25) is 0 Å². The first kappa shape index (κ1) is 31.8. The average Bonchev–Trinajstić information content (AvgIpc) is 3.77. The smallest absolute Gasteiger partial charge is 0.164 e.